The Morgan fingerprint density at radius 2 is 2.00 bits per heavy atom. The van der Waals surface area contributed by atoms with Crippen LogP contribution in [-0.4, -0.2) is 35.6 Å². The number of thioether (sulfide) groups is 1. The summed E-state index contributed by atoms with van der Waals surface area (Å²) in [7, 11) is 1.95. The minimum absolute atomic E-state index is 0. The number of allylic oxidation sites excluding steroid dienone is 1. The molecule has 0 saturated heterocycles. The lowest BCUT2D eigenvalue weighted by atomic mass is 9.96. The van der Waals surface area contributed by atoms with Crippen LogP contribution in [0.4, 0.5) is 0 Å². The molecule has 4 nitrogen and oxygen atoms in total. The van der Waals surface area contributed by atoms with Crippen molar-refractivity contribution in [1.29, 1.82) is 0 Å². The topological polar surface area (TPSA) is 41.3 Å². The second-order valence-electron chi connectivity index (χ2n) is 4.78. The van der Waals surface area contributed by atoms with E-state index in [1.54, 1.807) is 11.8 Å². The molecule has 0 amide bonds. The van der Waals surface area contributed by atoms with Crippen molar-refractivity contribution in [3.63, 3.8) is 0 Å². The summed E-state index contributed by atoms with van der Waals surface area (Å²) in [6.45, 7) is 4.16. The summed E-state index contributed by atoms with van der Waals surface area (Å²) >= 11 is 1.63. The molecule has 0 saturated carbocycles. The van der Waals surface area contributed by atoms with Crippen LogP contribution in [0.5, 0.6) is 0 Å². The maximum absolute atomic E-state index is 12.4. The van der Waals surface area contributed by atoms with Gasteiger partial charge in [0.2, 0.25) is 0 Å². The van der Waals surface area contributed by atoms with Crippen molar-refractivity contribution in [1.82, 2.24) is 5.32 Å². The van der Waals surface area contributed by atoms with Crippen LogP contribution in [-0.2, 0) is 9.53 Å². The van der Waals surface area contributed by atoms with E-state index in [0.29, 0.717) is 12.2 Å². The summed E-state index contributed by atoms with van der Waals surface area (Å²) in [6, 6.07) is 9.79. The Bertz CT molecular complexity index is 599. The second kappa shape index (κ2) is 8.57. The monoisotopic (exact) mass is 432 g/mol. The number of hydrogen-bond acceptors (Lipinski definition) is 4. The highest BCUT2D eigenvalue weighted by Crippen LogP contribution is 2.29. The Kier molecular flexibility index (Phi) is 7.41. The van der Waals surface area contributed by atoms with Crippen LogP contribution in [0.25, 0.3) is 0 Å². The van der Waals surface area contributed by atoms with Crippen molar-refractivity contribution in [2.75, 3.05) is 19.9 Å². The van der Waals surface area contributed by atoms with E-state index in [4.69, 9.17) is 4.74 Å². The van der Waals surface area contributed by atoms with Crippen molar-refractivity contribution in [3.05, 3.63) is 47.2 Å². The van der Waals surface area contributed by atoms with Crippen molar-refractivity contribution in [2.45, 2.75) is 19.9 Å². The molecule has 6 heteroatoms. The Morgan fingerprint density at radius 3 is 2.55 bits per heavy atom. The molecule has 1 aliphatic heterocycles. The number of ether oxygens (including phenoxy) is 1. The standard InChI is InChI=1S/C16H20N2O2S.HI/c1-5-20-15(19)13-11(2)18(3)16(21-4)17-14(13)12-9-7-6-8-10-12;/h6-10,14H,5H2,1-4H3;1H. The van der Waals surface area contributed by atoms with Crippen molar-refractivity contribution in [2.24, 2.45) is 0 Å². The van der Waals surface area contributed by atoms with E-state index >= 15 is 0 Å². The first-order valence-electron chi connectivity index (χ1n) is 6.94. The average Bonchev–Trinajstić information content (AvgIpc) is 2.50. The smallest absolute Gasteiger partial charge is 0.342 e. The third kappa shape index (κ3) is 3.84. The second-order valence-corrected chi connectivity index (χ2v) is 5.57. The van der Waals surface area contributed by atoms with Crippen LogP contribution >= 0.6 is 11.8 Å². The third-order valence-corrected chi connectivity index (χ3v) is 4.35. The fourth-order valence-corrected chi connectivity index (χ4v) is 3.05. The minimum atomic E-state index is -0.261. The first kappa shape index (κ1) is 19.0. The molecule has 1 aromatic rings. The van der Waals surface area contributed by atoms with Gasteiger partial charge in [0.25, 0.3) is 0 Å². The molecular weight excluding hydrogens is 411 g/mol. The molecule has 1 atom stereocenters. The number of amidine groups is 1. The average molecular weight is 432 g/mol. The van der Waals surface area contributed by atoms with Crippen LogP contribution in [0.2, 0.25) is 0 Å². The van der Waals surface area contributed by atoms with Crippen LogP contribution in [0.1, 0.15) is 25.5 Å². The number of hydrogen-bond donors (Lipinski definition) is 1. The van der Waals surface area contributed by atoms with E-state index in [9.17, 15) is 4.79 Å². The van der Waals surface area contributed by atoms with Gasteiger partial charge in [-0.25, -0.2) is 9.37 Å². The van der Waals surface area contributed by atoms with Gasteiger partial charge < -0.3 is 28.7 Å². The van der Waals surface area contributed by atoms with Crippen molar-refractivity contribution in [3.8, 4) is 0 Å². The lowest BCUT2D eigenvalue weighted by Gasteiger charge is -2.25. The van der Waals surface area contributed by atoms with Gasteiger partial charge in [0.1, 0.15) is 11.3 Å². The van der Waals surface area contributed by atoms with Crippen LogP contribution < -0.4 is 29.3 Å². The van der Waals surface area contributed by atoms with Crippen molar-refractivity contribution >= 4 is 22.9 Å². The molecule has 1 unspecified atom stereocenters. The molecule has 120 valence electrons. The molecule has 0 aliphatic carbocycles. The van der Waals surface area contributed by atoms with Gasteiger partial charge in [0.15, 0.2) is 6.04 Å². The number of rotatable bonds is 3. The maximum Gasteiger partial charge on any atom is 0.342 e. The highest BCUT2D eigenvalue weighted by atomic mass is 127. The van der Waals surface area contributed by atoms with Gasteiger partial charge in [-0.2, -0.15) is 0 Å². The van der Waals surface area contributed by atoms with Gasteiger partial charge >= 0.3 is 11.1 Å². The normalized spacial score (nSPS) is 17.7. The zero-order valence-electron chi connectivity index (χ0n) is 13.2. The molecule has 0 radical (unpaired) electrons. The molecular formula is C16H21IN2O2S. The molecule has 0 spiro atoms. The number of nitrogens with one attached hydrogen (secondary N) is 1. The van der Waals surface area contributed by atoms with Gasteiger partial charge in [-0.1, -0.05) is 30.3 Å². The highest BCUT2D eigenvalue weighted by molar-refractivity contribution is 8.13. The largest absolute Gasteiger partial charge is 1.00 e. The highest BCUT2D eigenvalue weighted by Gasteiger charge is 2.37. The number of carbonyl (C=O) groups is 1. The van der Waals surface area contributed by atoms with E-state index in [1.165, 1.54) is 0 Å². The number of esters is 1. The summed E-state index contributed by atoms with van der Waals surface area (Å²) in [5, 5.41) is 4.46. The first-order chi connectivity index (χ1) is 10.1. The molecule has 0 bridgehead atoms. The Labute approximate surface area is 153 Å². The van der Waals surface area contributed by atoms with E-state index in [2.05, 4.69) is 5.32 Å². The predicted octanol–water partition coefficient (Wildman–Crippen LogP) is -0.467. The molecule has 1 aliphatic rings. The SMILES string of the molecule is CCOC(=O)C1=C(C)[N+](C)=C(SC)NC1c1ccccc1.[I-]. The predicted molar refractivity (Wildman–Crippen MR) is 86.4 cm³/mol. The lowest BCUT2D eigenvalue weighted by Crippen LogP contribution is -3.00. The van der Waals surface area contributed by atoms with E-state index in [1.807, 2.05) is 62.1 Å². The Hall–Kier alpha value is -1.02. The van der Waals surface area contributed by atoms with E-state index in [0.717, 1.165) is 16.4 Å². The van der Waals surface area contributed by atoms with Crippen molar-refractivity contribution < 1.29 is 38.1 Å². The van der Waals surface area contributed by atoms with Crippen LogP contribution in [0.15, 0.2) is 41.6 Å². The summed E-state index contributed by atoms with van der Waals surface area (Å²) in [6.07, 6.45) is 2.02. The number of benzene rings is 1. The Balaban J connectivity index is 0.00000242. The van der Waals surface area contributed by atoms with Gasteiger partial charge in [-0.15, -0.1) is 0 Å². The fraction of sp³-hybridized carbons (Fsp3) is 0.375. The Morgan fingerprint density at radius 1 is 1.36 bits per heavy atom. The summed E-state index contributed by atoms with van der Waals surface area (Å²) in [5.41, 5.74) is 2.65. The van der Waals surface area contributed by atoms with Crippen LogP contribution in [0.3, 0.4) is 0 Å². The molecule has 1 aromatic carbocycles. The summed E-state index contributed by atoms with van der Waals surface area (Å²) in [5.74, 6) is -0.261. The zero-order chi connectivity index (χ0) is 15.4. The summed E-state index contributed by atoms with van der Waals surface area (Å²) in [4.78, 5) is 12.4. The van der Waals surface area contributed by atoms with Gasteiger partial charge in [0.05, 0.1) is 13.7 Å². The molecule has 1 N–H and O–H groups in total. The third-order valence-electron chi connectivity index (χ3n) is 3.58. The van der Waals surface area contributed by atoms with Gasteiger partial charge in [-0.05, 0) is 31.9 Å². The number of halogens is 1. The molecule has 22 heavy (non-hydrogen) atoms. The minimum Gasteiger partial charge on any atom is -1.00 e. The summed E-state index contributed by atoms with van der Waals surface area (Å²) < 4.78 is 7.24. The van der Waals surface area contributed by atoms with Gasteiger partial charge in [-0.3, -0.25) is 5.32 Å². The lowest BCUT2D eigenvalue weighted by molar-refractivity contribution is -0.446. The first-order valence-corrected chi connectivity index (χ1v) is 8.16. The molecule has 0 fully saturated rings. The maximum atomic E-state index is 12.4. The van der Waals surface area contributed by atoms with E-state index in [-0.39, 0.29) is 36.0 Å². The number of carbonyl (C=O) groups excluding carboxylic acids is 1. The van der Waals surface area contributed by atoms with Gasteiger partial charge in [0, 0.05) is 5.56 Å². The zero-order valence-corrected chi connectivity index (χ0v) is 16.2. The molecule has 1 heterocycles. The molecule has 2 rings (SSSR count). The van der Waals surface area contributed by atoms with E-state index < -0.39 is 0 Å². The quantitative estimate of drug-likeness (QED) is 0.399. The van der Waals surface area contributed by atoms with Crippen LogP contribution in [0, 0.1) is 0 Å². The number of nitrogens with zero attached hydrogens (tertiary/aromatic N) is 1. The fourth-order valence-electron chi connectivity index (χ4n) is 2.40. The molecule has 0 aromatic heterocycles.